The molecule has 0 saturated heterocycles. The summed E-state index contributed by atoms with van der Waals surface area (Å²) in [6.45, 7) is 1.93. The molecule has 0 spiro atoms. The Labute approximate surface area is 210 Å². The highest BCUT2D eigenvalue weighted by Gasteiger charge is 2.14. The number of halogens is 2. The van der Waals surface area contributed by atoms with Crippen molar-refractivity contribution in [1.82, 2.24) is 20.3 Å². The van der Waals surface area contributed by atoms with E-state index >= 15 is 0 Å². The summed E-state index contributed by atoms with van der Waals surface area (Å²) in [4.78, 5) is 14.2. The van der Waals surface area contributed by atoms with Crippen molar-refractivity contribution in [3.05, 3.63) is 94.0 Å². The van der Waals surface area contributed by atoms with Gasteiger partial charge < -0.3 is 5.32 Å². The zero-order valence-electron chi connectivity index (χ0n) is 17.8. The van der Waals surface area contributed by atoms with Gasteiger partial charge in [0.2, 0.25) is 0 Å². The number of aryl methyl sites for hydroxylation is 1. The van der Waals surface area contributed by atoms with Gasteiger partial charge in [-0.2, -0.15) is 0 Å². The van der Waals surface area contributed by atoms with Crippen molar-refractivity contribution in [3.63, 3.8) is 0 Å². The van der Waals surface area contributed by atoms with E-state index in [0.29, 0.717) is 16.2 Å². The molecule has 34 heavy (non-hydrogen) atoms. The molecule has 0 saturated carbocycles. The molecular formula is C25H17Cl2N5OS. The predicted molar refractivity (Wildman–Crippen MR) is 141 cm³/mol. The molecule has 2 N–H and O–H groups in total. The van der Waals surface area contributed by atoms with E-state index in [1.165, 1.54) is 6.07 Å². The van der Waals surface area contributed by atoms with Crippen LogP contribution in [-0.4, -0.2) is 26.0 Å². The molecule has 0 bridgehead atoms. The maximum Gasteiger partial charge on any atom is 0.258 e. The molecule has 1 amide bonds. The molecule has 0 aliphatic heterocycles. The lowest BCUT2D eigenvalue weighted by Crippen LogP contribution is -2.34. The summed E-state index contributed by atoms with van der Waals surface area (Å²) in [5.74, 6) is -0.431. The number of anilines is 1. The van der Waals surface area contributed by atoms with Crippen LogP contribution in [0.1, 0.15) is 15.9 Å². The SMILES string of the molecule is Cc1cc2nn(-c3cccc4ccccc34)nc2cc1NC(=S)NC(=O)c1ccc(Cl)cc1Cl. The highest BCUT2D eigenvalue weighted by atomic mass is 35.5. The van der Waals surface area contributed by atoms with Gasteiger partial charge in [-0.25, -0.2) is 0 Å². The van der Waals surface area contributed by atoms with Crippen LogP contribution in [-0.2, 0) is 0 Å². The van der Waals surface area contributed by atoms with Crippen LogP contribution in [0.15, 0.2) is 72.8 Å². The third kappa shape index (κ3) is 4.33. The fourth-order valence-corrected chi connectivity index (χ4v) is 4.39. The van der Waals surface area contributed by atoms with E-state index in [1.54, 1.807) is 16.9 Å². The number of carbonyl (C=O) groups excluding carboxylic acids is 1. The quantitative estimate of drug-likeness (QED) is 0.281. The molecule has 5 rings (SSSR count). The van der Waals surface area contributed by atoms with Crippen LogP contribution in [0.2, 0.25) is 10.0 Å². The molecule has 0 fully saturated rings. The average molecular weight is 506 g/mol. The van der Waals surface area contributed by atoms with Gasteiger partial charge in [0.05, 0.1) is 16.3 Å². The normalized spacial score (nSPS) is 11.0. The molecule has 1 aromatic heterocycles. The first kappa shape index (κ1) is 22.3. The lowest BCUT2D eigenvalue weighted by atomic mass is 10.1. The van der Waals surface area contributed by atoms with Crippen molar-refractivity contribution in [2.45, 2.75) is 6.92 Å². The van der Waals surface area contributed by atoms with Crippen molar-refractivity contribution in [1.29, 1.82) is 0 Å². The minimum absolute atomic E-state index is 0.139. The first-order valence-corrected chi connectivity index (χ1v) is 11.5. The Kier molecular flexibility index (Phi) is 5.91. The molecule has 0 radical (unpaired) electrons. The number of rotatable bonds is 3. The molecule has 4 aromatic carbocycles. The third-order valence-corrected chi connectivity index (χ3v) is 6.11. The van der Waals surface area contributed by atoms with Gasteiger partial charge in [0.15, 0.2) is 5.11 Å². The van der Waals surface area contributed by atoms with E-state index < -0.39 is 5.91 Å². The number of amides is 1. The first-order chi connectivity index (χ1) is 16.4. The third-order valence-electron chi connectivity index (χ3n) is 5.36. The summed E-state index contributed by atoms with van der Waals surface area (Å²) < 4.78 is 0. The number of nitrogens with one attached hydrogen (secondary N) is 2. The minimum Gasteiger partial charge on any atom is -0.332 e. The second-order valence-electron chi connectivity index (χ2n) is 7.68. The predicted octanol–water partition coefficient (Wildman–Crippen LogP) is 6.32. The molecule has 0 unspecified atom stereocenters. The van der Waals surface area contributed by atoms with Gasteiger partial charge in [-0.3, -0.25) is 10.1 Å². The van der Waals surface area contributed by atoms with Gasteiger partial charge in [0.1, 0.15) is 11.0 Å². The van der Waals surface area contributed by atoms with Crippen molar-refractivity contribution >= 4 is 73.9 Å². The van der Waals surface area contributed by atoms with Crippen molar-refractivity contribution in [3.8, 4) is 5.69 Å². The van der Waals surface area contributed by atoms with Crippen LogP contribution in [0.5, 0.6) is 0 Å². The Hall–Kier alpha value is -3.52. The number of aromatic nitrogens is 3. The van der Waals surface area contributed by atoms with Gasteiger partial charge in [-0.1, -0.05) is 59.6 Å². The second-order valence-corrected chi connectivity index (χ2v) is 8.93. The summed E-state index contributed by atoms with van der Waals surface area (Å²) in [5, 5.41) is 18.1. The molecular weight excluding hydrogens is 489 g/mol. The van der Waals surface area contributed by atoms with Gasteiger partial charge >= 0.3 is 0 Å². The van der Waals surface area contributed by atoms with Crippen LogP contribution in [0, 0.1) is 6.92 Å². The van der Waals surface area contributed by atoms with Crippen LogP contribution in [0.25, 0.3) is 27.5 Å². The first-order valence-electron chi connectivity index (χ1n) is 10.3. The maximum atomic E-state index is 12.6. The van der Waals surface area contributed by atoms with E-state index in [9.17, 15) is 4.79 Å². The Morgan fingerprint density at radius 3 is 2.47 bits per heavy atom. The van der Waals surface area contributed by atoms with E-state index in [4.69, 9.17) is 35.4 Å². The van der Waals surface area contributed by atoms with Crippen LogP contribution < -0.4 is 10.6 Å². The smallest absolute Gasteiger partial charge is 0.258 e. The Bertz CT molecular complexity index is 1590. The van der Waals surface area contributed by atoms with Crippen molar-refractivity contribution < 1.29 is 4.79 Å². The lowest BCUT2D eigenvalue weighted by Gasteiger charge is -2.12. The Balaban J connectivity index is 1.40. The van der Waals surface area contributed by atoms with Crippen LogP contribution in [0.4, 0.5) is 5.69 Å². The van der Waals surface area contributed by atoms with Gasteiger partial charge in [-0.15, -0.1) is 15.0 Å². The molecule has 5 aromatic rings. The number of thiocarbonyl (C=S) groups is 1. The summed E-state index contributed by atoms with van der Waals surface area (Å²) in [6, 6.07) is 22.5. The topological polar surface area (TPSA) is 71.8 Å². The summed E-state index contributed by atoms with van der Waals surface area (Å²) in [6.07, 6.45) is 0. The van der Waals surface area contributed by atoms with E-state index in [1.807, 2.05) is 49.4 Å². The van der Waals surface area contributed by atoms with Crippen LogP contribution >= 0.6 is 35.4 Å². The van der Waals surface area contributed by atoms with E-state index in [-0.39, 0.29) is 15.7 Å². The molecule has 0 aliphatic rings. The lowest BCUT2D eigenvalue weighted by molar-refractivity contribution is 0.0978. The number of benzene rings is 4. The molecule has 6 nitrogen and oxygen atoms in total. The summed E-state index contributed by atoms with van der Waals surface area (Å²) in [7, 11) is 0. The van der Waals surface area contributed by atoms with E-state index in [0.717, 1.165) is 27.5 Å². The van der Waals surface area contributed by atoms with E-state index in [2.05, 4.69) is 33.0 Å². The van der Waals surface area contributed by atoms with Crippen molar-refractivity contribution in [2.75, 3.05) is 5.32 Å². The van der Waals surface area contributed by atoms with Gasteiger partial charge in [-0.05, 0) is 66.5 Å². The monoisotopic (exact) mass is 505 g/mol. The Morgan fingerprint density at radius 1 is 0.941 bits per heavy atom. The second kappa shape index (κ2) is 9.02. The van der Waals surface area contributed by atoms with Gasteiger partial charge in [0.25, 0.3) is 5.91 Å². The number of hydrogen-bond acceptors (Lipinski definition) is 4. The fraction of sp³-hybridized carbons (Fsp3) is 0.0400. The standard InChI is InChI=1S/C25H17Cl2N5OS/c1-14-11-21-22(31-32(30-21)23-8-4-6-15-5-2-3-7-17(15)23)13-20(14)28-25(34)29-24(33)18-10-9-16(26)12-19(18)27/h2-13H,1H3,(H2,28,29,33,34). The maximum absolute atomic E-state index is 12.6. The summed E-state index contributed by atoms with van der Waals surface area (Å²) in [5.41, 5.74) is 4.22. The van der Waals surface area contributed by atoms with Gasteiger partial charge in [0, 0.05) is 16.1 Å². The molecule has 0 atom stereocenters. The zero-order chi connectivity index (χ0) is 23.8. The summed E-state index contributed by atoms with van der Waals surface area (Å²) >= 11 is 17.4. The molecule has 0 aliphatic carbocycles. The molecule has 9 heteroatoms. The minimum atomic E-state index is -0.431. The highest BCUT2D eigenvalue weighted by Crippen LogP contribution is 2.25. The number of nitrogens with zero attached hydrogens (tertiary/aromatic N) is 3. The highest BCUT2D eigenvalue weighted by molar-refractivity contribution is 7.80. The van der Waals surface area contributed by atoms with Crippen molar-refractivity contribution in [2.24, 2.45) is 0 Å². The number of carbonyl (C=O) groups is 1. The fourth-order valence-electron chi connectivity index (χ4n) is 3.69. The number of hydrogen-bond donors (Lipinski definition) is 2. The average Bonchev–Trinajstić information content (AvgIpc) is 3.21. The number of fused-ring (bicyclic) bond motifs is 2. The zero-order valence-corrected chi connectivity index (χ0v) is 20.2. The van der Waals surface area contributed by atoms with Crippen LogP contribution in [0.3, 0.4) is 0 Å². The molecule has 1 heterocycles. The largest absolute Gasteiger partial charge is 0.332 e. The molecule has 168 valence electrons. The Morgan fingerprint density at radius 2 is 1.68 bits per heavy atom.